The summed E-state index contributed by atoms with van der Waals surface area (Å²) in [7, 11) is 0. The maximum Gasteiger partial charge on any atom is 0.123 e. The van der Waals surface area contributed by atoms with Crippen molar-refractivity contribution in [3.63, 3.8) is 0 Å². The van der Waals surface area contributed by atoms with Crippen LogP contribution in [-0.4, -0.2) is 11.1 Å². The Hall–Kier alpha value is -1.02. The molecule has 124 valence electrons. The summed E-state index contributed by atoms with van der Waals surface area (Å²) < 4.78 is 0. The molecular weight excluding hydrogens is 270 g/mol. The molecule has 0 radical (unpaired) electrons. The second-order valence-corrected chi connectivity index (χ2v) is 9.02. The van der Waals surface area contributed by atoms with Gasteiger partial charge in [-0.05, 0) is 48.6 Å². The van der Waals surface area contributed by atoms with Crippen LogP contribution in [0.15, 0.2) is 12.1 Å². The van der Waals surface area contributed by atoms with Crippen LogP contribution in [0.1, 0.15) is 83.9 Å². The highest BCUT2D eigenvalue weighted by molar-refractivity contribution is 5.49. The molecule has 2 rings (SSSR count). The summed E-state index contributed by atoms with van der Waals surface area (Å²) in [5, 5.41) is 13.3. The Balaban J connectivity index is 2.32. The average Bonchev–Trinajstić information content (AvgIpc) is 2.87. The third-order valence-electron chi connectivity index (χ3n) is 4.87. The van der Waals surface area contributed by atoms with Crippen LogP contribution in [0, 0.1) is 0 Å². The quantitative estimate of drug-likeness (QED) is 0.870. The van der Waals surface area contributed by atoms with Gasteiger partial charge in [-0.2, -0.15) is 0 Å². The number of nitrogens with two attached hydrogens (primary N) is 1. The van der Waals surface area contributed by atoms with E-state index in [4.69, 9.17) is 0 Å². The molecule has 0 spiro atoms. The van der Waals surface area contributed by atoms with Gasteiger partial charge in [-0.1, -0.05) is 41.5 Å². The van der Waals surface area contributed by atoms with E-state index >= 15 is 0 Å². The molecule has 0 aliphatic heterocycles. The molecule has 1 aromatic rings. The number of rotatable bonds is 3. The van der Waals surface area contributed by atoms with Gasteiger partial charge in [0.2, 0.25) is 0 Å². The minimum Gasteiger partial charge on any atom is -0.507 e. The average molecular weight is 304 g/mol. The zero-order valence-corrected chi connectivity index (χ0v) is 15.3. The number of quaternary nitrogens is 1. The highest BCUT2D eigenvalue weighted by Crippen LogP contribution is 2.39. The number of hydrogen-bond acceptors (Lipinski definition) is 1. The molecule has 1 aromatic carbocycles. The van der Waals surface area contributed by atoms with E-state index < -0.39 is 0 Å². The smallest absolute Gasteiger partial charge is 0.123 e. The van der Waals surface area contributed by atoms with Gasteiger partial charge >= 0.3 is 0 Å². The summed E-state index contributed by atoms with van der Waals surface area (Å²) in [6, 6.07) is 5.23. The molecule has 3 N–H and O–H groups in total. The van der Waals surface area contributed by atoms with E-state index in [9.17, 15) is 5.11 Å². The molecule has 22 heavy (non-hydrogen) atoms. The van der Waals surface area contributed by atoms with E-state index in [-0.39, 0.29) is 10.8 Å². The summed E-state index contributed by atoms with van der Waals surface area (Å²) in [5.74, 6) is 0.490. The normalized spacial score (nSPS) is 17.2. The Bertz CT molecular complexity index is 478. The lowest BCUT2D eigenvalue weighted by molar-refractivity contribution is -0.703. The third-order valence-corrected chi connectivity index (χ3v) is 4.87. The molecule has 2 nitrogen and oxygen atoms in total. The highest BCUT2D eigenvalue weighted by Gasteiger charge is 2.27. The van der Waals surface area contributed by atoms with Crippen LogP contribution in [-0.2, 0) is 17.4 Å². The molecule has 0 amide bonds. The van der Waals surface area contributed by atoms with Crippen LogP contribution in [0.4, 0.5) is 0 Å². The lowest BCUT2D eigenvalue weighted by atomic mass is 9.78. The molecule has 2 heteroatoms. The minimum absolute atomic E-state index is 0.0343. The Kier molecular flexibility index (Phi) is 4.91. The maximum absolute atomic E-state index is 10.8. The van der Waals surface area contributed by atoms with Gasteiger partial charge < -0.3 is 10.4 Å². The second kappa shape index (κ2) is 6.23. The van der Waals surface area contributed by atoms with Crippen molar-refractivity contribution >= 4 is 0 Å². The zero-order valence-electron chi connectivity index (χ0n) is 15.3. The lowest BCUT2D eigenvalue weighted by Gasteiger charge is -2.28. The summed E-state index contributed by atoms with van der Waals surface area (Å²) >= 11 is 0. The molecule has 0 aromatic heterocycles. The summed E-state index contributed by atoms with van der Waals surface area (Å²) in [6.45, 7) is 14.1. The van der Waals surface area contributed by atoms with Gasteiger partial charge in [-0.15, -0.1) is 0 Å². The fourth-order valence-electron chi connectivity index (χ4n) is 3.45. The lowest BCUT2D eigenvalue weighted by Crippen LogP contribution is -2.87. The monoisotopic (exact) mass is 304 g/mol. The van der Waals surface area contributed by atoms with E-state index in [1.807, 2.05) is 0 Å². The van der Waals surface area contributed by atoms with Gasteiger partial charge in [-0.25, -0.2) is 0 Å². The van der Waals surface area contributed by atoms with Gasteiger partial charge in [0, 0.05) is 16.7 Å². The van der Waals surface area contributed by atoms with Crippen LogP contribution >= 0.6 is 0 Å². The fourth-order valence-corrected chi connectivity index (χ4v) is 3.45. The molecule has 0 bridgehead atoms. The molecule has 1 aliphatic carbocycles. The SMILES string of the molecule is CC(C)(C)c1cc(C[NH2+]C2CCCC2)cc(C(C)(C)C)c1O. The van der Waals surface area contributed by atoms with Crippen molar-refractivity contribution in [2.24, 2.45) is 0 Å². The molecule has 0 atom stereocenters. The topological polar surface area (TPSA) is 36.8 Å². The number of phenolic OH excluding ortho intramolecular Hbond substituents is 1. The van der Waals surface area contributed by atoms with Crippen molar-refractivity contribution in [1.29, 1.82) is 0 Å². The first-order valence-electron chi connectivity index (χ1n) is 8.79. The molecular formula is C20H34NO+. The van der Waals surface area contributed by atoms with Gasteiger partial charge in [0.15, 0.2) is 0 Å². The predicted octanol–water partition coefficient (Wildman–Crippen LogP) is 3.99. The maximum atomic E-state index is 10.8. The third kappa shape index (κ3) is 4.04. The molecule has 1 fully saturated rings. The van der Waals surface area contributed by atoms with Crippen molar-refractivity contribution in [2.75, 3.05) is 0 Å². The zero-order chi connectivity index (χ0) is 16.5. The van der Waals surface area contributed by atoms with Crippen LogP contribution in [0.5, 0.6) is 5.75 Å². The number of benzene rings is 1. The van der Waals surface area contributed by atoms with E-state index in [1.54, 1.807) is 0 Å². The first kappa shape index (κ1) is 17.3. The van der Waals surface area contributed by atoms with E-state index in [0.717, 1.165) is 23.7 Å². The Morgan fingerprint density at radius 1 is 0.955 bits per heavy atom. The summed E-state index contributed by atoms with van der Waals surface area (Å²) in [6.07, 6.45) is 5.49. The van der Waals surface area contributed by atoms with Crippen molar-refractivity contribution in [2.45, 2.75) is 90.6 Å². The molecule has 0 unspecified atom stereocenters. The largest absolute Gasteiger partial charge is 0.507 e. The number of hydrogen-bond donors (Lipinski definition) is 2. The first-order valence-corrected chi connectivity index (χ1v) is 8.79. The predicted molar refractivity (Wildman–Crippen MR) is 93.4 cm³/mol. The van der Waals surface area contributed by atoms with Gasteiger partial charge in [0.25, 0.3) is 0 Å². The van der Waals surface area contributed by atoms with Crippen molar-refractivity contribution in [1.82, 2.24) is 0 Å². The van der Waals surface area contributed by atoms with Crippen LogP contribution in [0.3, 0.4) is 0 Å². The summed E-state index contributed by atoms with van der Waals surface area (Å²) in [4.78, 5) is 0. The second-order valence-electron chi connectivity index (χ2n) is 9.02. The minimum atomic E-state index is -0.0343. The fraction of sp³-hybridized carbons (Fsp3) is 0.700. The number of aromatic hydroxyl groups is 1. The van der Waals surface area contributed by atoms with E-state index in [1.165, 1.54) is 31.2 Å². The van der Waals surface area contributed by atoms with Crippen molar-refractivity contribution in [3.8, 4) is 5.75 Å². The highest BCUT2D eigenvalue weighted by atomic mass is 16.3. The number of phenols is 1. The van der Waals surface area contributed by atoms with Gasteiger partial charge in [-0.3, -0.25) is 0 Å². The van der Waals surface area contributed by atoms with Gasteiger partial charge in [0.05, 0.1) is 6.04 Å². The molecule has 1 saturated carbocycles. The summed E-state index contributed by atoms with van der Waals surface area (Å²) in [5.41, 5.74) is 3.44. The Morgan fingerprint density at radius 2 is 1.41 bits per heavy atom. The first-order chi connectivity index (χ1) is 10.1. The van der Waals surface area contributed by atoms with Gasteiger partial charge in [0.1, 0.15) is 12.3 Å². The van der Waals surface area contributed by atoms with Crippen LogP contribution < -0.4 is 5.32 Å². The van der Waals surface area contributed by atoms with Crippen molar-refractivity contribution < 1.29 is 10.4 Å². The van der Waals surface area contributed by atoms with Crippen LogP contribution in [0.2, 0.25) is 0 Å². The molecule has 0 heterocycles. The molecule has 0 saturated heterocycles. The van der Waals surface area contributed by atoms with E-state index in [2.05, 4.69) is 59.0 Å². The molecule has 1 aliphatic rings. The van der Waals surface area contributed by atoms with E-state index in [0.29, 0.717) is 5.75 Å². The van der Waals surface area contributed by atoms with Crippen LogP contribution in [0.25, 0.3) is 0 Å². The standard InChI is InChI=1S/C20H33NO/c1-19(2,3)16-11-14(13-21-15-9-7-8-10-15)12-17(18(16)22)20(4,5)6/h11-12,15,21-22H,7-10,13H2,1-6H3/p+1. The Morgan fingerprint density at radius 3 is 1.82 bits per heavy atom. The Labute approximate surface area is 136 Å². The van der Waals surface area contributed by atoms with Crippen molar-refractivity contribution in [3.05, 3.63) is 28.8 Å².